The van der Waals surface area contributed by atoms with E-state index in [1.54, 1.807) is 12.1 Å². The third kappa shape index (κ3) is 5.85. The first-order valence-electron chi connectivity index (χ1n) is 11.5. The topological polar surface area (TPSA) is 67.9 Å². The van der Waals surface area contributed by atoms with Gasteiger partial charge in [0.2, 0.25) is 0 Å². The van der Waals surface area contributed by atoms with Crippen LogP contribution in [-0.2, 0) is 22.6 Å². The van der Waals surface area contributed by atoms with Gasteiger partial charge in [-0.05, 0) is 48.4 Å². The molecule has 0 saturated carbocycles. The molecule has 0 radical (unpaired) electrons. The Balaban J connectivity index is 1.40. The number of hydrogen-bond acceptors (Lipinski definition) is 5. The third-order valence-electron chi connectivity index (χ3n) is 6.62. The third-order valence-corrected chi connectivity index (χ3v) is 6.88. The Labute approximate surface area is 200 Å². The van der Waals surface area contributed by atoms with Crippen LogP contribution >= 0.6 is 11.6 Å². The first-order valence-corrected chi connectivity index (χ1v) is 11.9. The first kappa shape index (κ1) is 23.5. The van der Waals surface area contributed by atoms with E-state index in [9.17, 15) is 9.59 Å². The SMILES string of the molecule is CN1CCN([C@@H](CNC(=O)C(=O)NCc2ccc(Cl)cc2)c2ccc3c(c2)CCN3C)CC1. The lowest BCUT2D eigenvalue weighted by molar-refractivity contribution is -0.139. The molecule has 2 aromatic carbocycles. The van der Waals surface area contributed by atoms with Crippen LogP contribution < -0.4 is 15.5 Å². The second-order valence-electron chi connectivity index (χ2n) is 8.93. The van der Waals surface area contributed by atoms with E-state index in [1.165, 1.54) is 16.8 Å². The lowest BCUT2D eigenvalue weighted by Crippen LogP contribution is -2.49. The minimum atomic E-state index is -0.627. The second kappa shape index (κ2) is 10.5. The molecule has 176 valence electrons. The van der Waals surface area contributed by atoms with Crippen LogP contribution in [-0.4, -0.2) is 75.0 Å². The highest BCUT2D eigenvalue weighted by atomic mass is 35.5. The van der Waals surface area contributed by atoms with Gasteiger partial charge < -0.3 is 20.4 Å². The molecule has 33 heavy (non-hydrogen) atoms. The Morgan fingerprint density at radius 1 is 0.939 bits per heavy atom. The summed E-state index contributed by atoms with van der Waals surface area (Å²) in [4.78, 5) is 31.9. The maximum Gasteiger partial charge on any atom is 0.309 e. The molecule has 2 aliphatic heterocycles. The number of nitrogens with zero attached hydrogens (tertiary/aromatic N) is 3. The first-order chi connectivity index (χ1) is 15.9. The molecule has 0 spiro atoms. The zero-order valence-corrected chi connectivity index (χ0v) is 20.1. The van der Waals surface area contributed by atoms with Gasteiger partial charge in [0.25, 0.3) is 0 Å². The lowest BCUT2D eigenvalue weighted by Gasteiger charge is -2.38. The Kier molecular flexibility index (Phi) is 7.53. The summed E-state index contributed by atoms with van der Waals surface area (Å²) in [6.07, 6.45) is 1.04. The number of fused-ring (bicyclic) bond motifs is 1. The van der Waals surface area contributed by atoms with Crippen LogP contribution in [0.25, 0.3) is 0 Å². The van der Waals surface area contributed by atoms with Gasteiger partial charge in [0, 0.05) is 63.6 Å². The molecule has 0 unspecified atom stereocenters. The Bertz CT molecular complexity index is 989. The van der Waals surface area contributed by atoms with Crippen molar-refractivity contribution in [3.8, 4) is 0 Å². The maximum atomic E-state index is 12.5. The Morgan fingerprint density at radius 2 is 1.64 bits per heavy atom. The summed E-state index contributed by atoms with van der Waals surface area (Å²) in [7, 11) is 4.25. The molecule has 1 saturated heterocycles. The van der Waals surface area contributed by atoms with Crippen LogP contribution in [0.15, 0.2) is 42.5 Å². The van der Waals surface area contributed by atoms with E-state index in [0.717, 1.165) is 44.7 Å². The fourth-order valence-corrected chi connectivity index (χ4v) is 4.65. The highest BCUT2D eigenvalue weighted by molar-refractivity contribution is 6.35. The summed E-state index contributed by atoms with van der Waals surface area (Å²) >= 11 is 5.90. The van der Waals surface area contributed by atoms with E-state index in [1.807, 2.05) is 12.1 Å². The zero-order valence-electron chi connectivity index (χ0n) is 19.3. The predicted molar refractivity (Wildman–Crippen MR) is 132 cm³/mol. The van der Waals surface area contributed by atoms with Crippen molar-refractivity contribution in [3.05, 3.63) is 64.2 Å². The summed E-state index contributed by atoms with van der Waals surface area (Å²) in [6.45, 7) is 5.53. The number of carbonyl (C=O) groups is 2. The van der Waals surface area contributed by atoms with Crippen molar-refractivity contribution >= 4 is 29.1 Å². The van der Waals surface area contributed by atoms with Crippen molar-refractivity contribution in [3.63, 3.8) is 0 Å². The lowest BCUT2D eigenvalue weighted by atomic mass is 10.00. The van der Waals surface area contributed by atoms with Gasteiger partial charge in [0.1, 0.15) is 0 Å². The smallest absolute Gasteiger partial charge is 0.309 e. The molecule has 0 aliphatic carbocycles. The van der Waals surface area contributed by atoms with E-state index >= 15 is 0 Å². The van der Waals surface area contributed by atoms with Gasteiger partial charge in [-0.2, -0.15) is 0 Å². The molecule has 1 atom stereocenters. The number of likely N-dealkylation sites (N-methyl/N-ethyl adjacent to an activating group) is 2. The number of piperazine rings is 1. The number of rotatable bonds is 6. The summed E-state index contributed by atoms with van der Waals surface area (Å²) in [5.41, 5.74) is 4.71. The normalized spacial score (nSPS) is 17.5. The highest BCUT2D eigenvalue weighted by Gasteiger charge is 2.27. The minimum Gasteiger partial charge on any atom is -0.374 e. The minimum absolute atomic E-state index is 0.0305. The van der Waals surface area contributed by atoms with Gasteiger partial charge in [-0.25, -0.2) is 0 Å². The van der Waals surface area contributed by atoms with Gasteiger partial charge in [-0.15, -0.1) is 0 Å². The molecule has 2 aliphatic rings. The van der Waals surface area contributed by atoms with E-state index in [4.69, 9.17) is 11.6 Å². The van der Waals surface area contributed by atoms with Crippen molar-refractivity contribution < 1.29 is 9.59 Å². The number of nitrogens with one attached hydrogen (secondary N) is 2. The zero-order chi connectivity index (χ0) is 23.4. The van der Waals surface area contributed by atoms with E-state index in [0.29, 0.717) is 11.6 Å². The number of amides is 2. The summed E-state index contributed by atoms with van der Waals surface area (Å²) < 4.78 is 0. The molecule has 7 nitrogen and oxygen atoms in total. The molecule has 8 heteroatoms. The number of hydrogen-bond donors (Lipinski definition) is 2. The van der Waals surface area contributed by atoms with Crippen molar-refractivity contribution in [2.45, 2.75) is 19.0 Å². The van der Waals surface area contributed by atoms with Crippen LogP contribution in [0.4, 0.5) is 5.69 Å². The van der Waals surface area contributed by atoms with E-state index < -0.39 is 11.8 Å². The Morgan fingerprint density at radius 3 is 2.36 bits per heavy atom. The van der Waals surface area contributed by atoms with Gasteiger partial charge in [0.15, 0.2) is 0 Å². The number of halogens is 1. The van der Waals surface area contributed by atoms with Crippen LogP contribution in [0.5, 0.6) is 0 Å². The average molecular weight is 470 g/mol. The quantitative estimate of drug-likeness (QED) is 0.634. The predicted octanol–water partition coefficient (Wildman–Crippen LogP) is 2.05. The molecule has 0 bridgehead atoms. The second-order valence-corrected chi connectivity index (χ2v) is 9.37. The van der Waals surface area contributed by atoms with E-state index in [2.05, 4.69) is 57.6 Å². The van der Waals surface area contributed by atoms with Crippen LogP contribution in [0, 0.1) is 0 Å². The molecule has 2 aromatic rings. The number of benzene rings is 2. The van der Waals surface area contributed by atoms with Crippen molar-refractivity contribution in [2.75, 3.05) is 58.3 Å². The van der Waals surface area contributed by atoms with Crippen molar-refractivity contribution in [2.24, 2.45) is 0 Å². The van der Waals surface area contributed by atoms with Gasteiger partial charge >= 0.3 is 11.8 Å². The van der Waals surface area contributed by atoms with Gasteiger partial charge in [-0.3, -0.25) is 14.5 Å². The summed E-state index contributed by atoms with van der Waals surface area (Å²) in [5, 5.41) is 6.19. The van der Waals surface area contributed by atoms with E-state index in [-0.39, 0.29) is 12.6 Å². The van der Waals surface area contributed by atoms with Crippen molar-refractivity contribution in [1.82, 2.24) is 20.4 Å². The van der Waals surface area contributed by atoms with Crippen molar-refractivity contribution in [1.29, 1.82) is 0 Å². The molecule has 2 heterocycles. The molecule has 1 fully saturated rings. The fraction of sp³-hybridized carbons (Fsp3) is 0.440. The van der Waals surface area contributed by atoms with Crippen LogP contribution in [0.3, 0.4) is 0 Å². The molecule has 0 aromatic heterocycles. The standard InChI is InChI=1S/C25H32ClN5O2/c1-29-11-13-31(14-12-29)23(19-5-8-22-20(15-19)9-10-30(22)2)17-28-25(33)24(32)27-16-18-3-6-21(26)7-4-18/h3-8,15,23H,9-14,16-17H2,1-2H3,(H,27,32)(H,28,33)/t23-/m0/s1. The van der Waals surface area contributed by atoms with Crippen LogP contribution in [0.1, 0.15) is 22.7 Å². The maximum absolute atomic E-state index is 12.5. The van der Waals surface area contributed by atoms with Crippen LogP contribution in [0.2, 0.25) is 5.02 Å². The molecule has 2 N–H and O–H groups in total. The monoisotopic (exact) mass is 469 g/mol. The van der Waals surface area contributed by atoms with Gasteiger partial charge in [0.05, 0.1) is 6.04 Å². The highest BCUT2D eigenvalue weighted by Crippen LogP contribution is 2.31. The Hall–Kier alpha value is -2.61. The summed E-state index contributed by atoms with van der Waals surface area (Å²) in [5.74, 6) is -1.23. The largest absolute Gasteiger partial charge is 0.374 e. The molecular formula is C25H32ClN5O2. The number of carbonyl (C=O) groups excluding carboxylic acids is 2. The molecule has 4 rings (SSSR count). The van der Waals surface area contributed by atoms with Gasteiger partial charge in [-0.1, -0.05) is 35.9 Å². The molecule has 2 amide bonds. The number of anilines is 1. The average Bonchev–Trinajstić information content (AvgIpc) is 3.19. The summed E-state index contributed by atoms with van der Waals surface area (Å²) in [6, 6.07) is 13.8. The fourth-order valence-electron chi connectivity index (χ4n) is 4.52. The molecular weight excluding hydrogens is 438 g/mol.